The van der Waals surface area contributed by atoms with Gasteiger partial charge in [-0.1, -0.05) is 17.7 Å². The Morgan fingerprint density at radius 2 is 1.58 bits per heavy atom. The molecule has 0 aromatic heterocycles. The molecule has 0 aliphatic carbocycles. The summed E-state index contributed by atoms with van der Waals surface area (Å²) in [6.07, 6.45) is 0. The van der Waals surface area contributed by atoms with Gasteiger partial charge in [-0.05, 0) is 75.4 Å². The van der Waals surface area contributed by atoms with Crippen LogP contribution in [0.4, 0.5) is 5.69 Å². The number of hydrogen-bond donors (Lipinski definition) is 1. The average Bonchev–Trinajstić information content (AvgIpc) is 2.87. The van der Waals surface area contributed by atoms with Crippen LogP contribution in [-0.4, -0.2) is 41.7 Å². The third-order valence-corrected chi connectivity index (χ3v) is 7.40. The van der Waals surface area contributed by atoms with Crippen molar-refractivity contribution in [2.45, 2.75) is 31.7 Å². The average molecular weight is 513 g/mol. The van der Waals surface area contributed by atoms with Gasteiger partial charge >= 0.3 is 0 Å². The summed E-state index contributed by atoms with van der Waals surface area (Å²) in [6, 6.07) is 17.9. The first-order chi connectivity index (χ1) is 17.2. The van der Waals surface area contributed by atoms with E-state index in [1.54, 1.807) is 75.7 Å². The van der Waals surface area contributed by atoms with E-state index in [1.807, 2.05) is 13.8 Å². The first-order valence-corrected chi connectivity index (χ1v) is 13.0. The monoisotopic (exact) mass is 512 g/mol. The number of methoxy groups -OCH3 is 2. The van der Waals surface area contributed by atoms with E-state index in [0.29, 0.717) is 35.1 Å². The van der Waals surface area contributed by atoms with Crippen molar-refractivity contribution in [3.05, 3.63) is 77.9 Å². The highest BCUT2D eigenvalue weighted by Crippen LogP contribution is 2.30. The van der Waals surface area contributed by atoms with Gasteiger partial charge in [0.05, 0.1) is 37.5 Å². The Bertz CT molecular complexity index is 1270. The van der Waals surface area contributed by atoms with Crippen LogP contribution in [0.5, 0.6) is 17.2 Å². The molecule has 0 aliphatic rings. The van der Waals surface area contributed by atoms with Crippen LogP contribution in [0.3, 0.4) is 0 Å². The maximum atomic E-state index is 13.6. The fourth-order valence-electron chi connectivity index (χ4n) is 3.70. The highest BCUT2D eigenvalue weighted by atomic mass is 32.2. The van der Waals surface area contributed by atoms with Crippen molar-refractivity contribution in [2.24, 2.45) is 0 Å². The standard InChI is InChI=1S/C27H32N2O6S/c1-6-35-22-11-9-21(10-12-22)29(36(31,32)24-14-7-19(2)8-15-24)18-27(30)28-20(3)25-17-23(33-4)13-16-26(25)34-5/h7-17,20H,6,18H2,1-5H3,(H,28,30)/t20-/m1/s1. The number of carbonyl (C=O) groups is 1. The number of anilines is 1. The quantitative estimate of drug-likeness (QED) is 0.407. The Balaban J connectivity index is 1.91. The Labute approximate surface area is 212 Å². The second kappa shape index (κ2) is 11.8. The normalized spacial score (nSPS) is 11.9. The van der Waals surface area contributed by atoms with Crippen LogP contribution in [0, 0.1) is 6.92 Å². The molecule has 3 aromatic carbocycles. The van der Waals surface area contributed by atoms with Gasteiger partial charge in [0.25, 0.3) is 10.0 Å². The summed E-state index contributed by atoms with van der Waals surface area (Å²) in [5.74, 6) is 1.33. The number of rotatable bonds is 11. The summed E-state index contributed by atoms with van der Waals surface area (Å²) in [5, 5.41) is 2.88. The molecule has 36 heavy (non-hydrogen) atoms. The molecule has 3 rings (SSSR count). The number of ether oxygens (including phenoxy) is 3. The first-order valence-electron chi connectivity index (χ1n) is 11.5. The minimum Gasteiger partial charge on any atom is -0.497 e. The zero-order valence-corrected chi connectivity index (χ0v) is 22.0. The van der Waals surface area contributed by atoms with Gasteiger partial charge in [0.15, 0.2) is 0 Å². The maximum absolute atomic E-state index is 13.6. The second-order valence-corrected chi connectivity index (χ2v) is 10.0. The number of benzene rings is 3. The van der Waals surface area contributed by atoms with Crippen LogP contribution < -0.4 is 23.8 Å². The highest BCUT2D eigenvalue weighted by Gasteiger charge is 2.28. The van der Waals surface area contributed by atoms with E-state index in [1.165, 1.54) is 12.1 Å². The van der Waals surface area contributed by atoms with E-state index in [9.17, 15) is 13.2 Å². The van der Waals surface area contributed by atoms with E-state index in [-0.39, 0.29) is 4.90 Å². The first kappa shape index (κ1) is 26.9. The van der Waals surface area contributed by atoms with Crippen molar-refractivity contribution >= 4 is 21.6 Å². The molecule has 0 saturated carbocycles. The largest absolute Gasteiger partial charge is 0.497 e. The predicted octanol–water partition coefficient (Wildman–Crippen LogP) is 4.48. The number of amides is 1. The fraction of sp³-hybridized carbons (Fsp3) is 0.296. The molecule has 0 heterocycles. The maximum Gasteiger partial charge on any atom is 0.264 e. The summed E-state index contributed by atoms with van der Waals surface area (Å²) in [7, 11) is -0.930. The van der Waals surface area contributed by atoms with Crippen LogP contribution in [0.2, 0.25) is 0 Å². The summed E-state index contributed by atoms with van der Waals surface area (Å²) in [4.78, 5) is 13.2. The molecule has 3 aromatic rings. The van der Waals surface area contributed by atoms with Gasteiger partial charge in [-0.3, -0.25) is 9.10 Å². The van der Waals surface area contributed by atoms with Crippen LogP contribution in [0.15, 0.2) is 71.6 Å². The number of nitrogens with zero attached hydrogens (tertiary/aromatic N) is 1. The molecule has 0 bridgehead atoms. The molecule has 0 aliphatic heterocycles. The van der Waals surface area contributed by atoms with E-state index in [4.69, 9.17) is 14.2 Å². The van der Waals surface area contributed by atoms with Crippen LogP contribution >= 0.6 is 0 Å². The summed E-state index contributed by atoms with van der Waals surface area (Å²) >= 11 is 0. The van der Waals surface area contributed by atoms with Crippen molar-refractivity contribution in [3.8, 4) is 17.2 Å². The Morgan fingerprint density at radius 3 is 2.17 bits per heavy atom. The predicted molar refractivity (Wildman–Crippen MR) is 139 cm³/mol. The highest BCUT2D eigenvalue weighted by molar-refractivity contribution is 7.92. The lowest BCUT2D eigenvalue weighted by Gasteiger charge is -2.26. The van der Waals surface area contributed by atoms with Gasteiger partial charge in [-0.2, -0.15) is 0 Å². The number of carbonyl (C=O) groups excluding carboxylic acids is 1. The minimum atomic E-state index is -4.03. The van der Waals surface area contributed by atoms with E-state index < -0.39 is 28.5 Å². The summed E-state index contributed by atoms with van der Waals surface area (Å²) < 4.78 is 44.5. The molecule has 1 N–H and O–H groups in total. The third kappa shape index (κ3) is 6.28. The van der Waals surface area contributed by atoms with Crippen molar-refractivity contribution in [1.29, 1.82) is 0 Å². The number of hydrogen-bond acceptors (Lipinski definition) is 6. The van der Waals surface area contributed by atoms with Crippen molar-refractivity contribution in [2.75, 3.05) is 31.7 Å². The lowest BCUT2D eigenvalue weighted by molar-refractivity contribution is -0.120. The van der Waals surface area contributed by atoms with Crippen LogP contribution in [0.1, 0.15) is 31.0 Å². The summed E-state index contributed by atoms with van der Waals surface area (Å²) in [6.45, 7) is 5.61. The zero-order valence-electron chi connectivity index (χ0n) is 21.1. The number of sulfonamides is 1. The van der Waals surface area contributed by atoms with Crippen molar-refractivity contribution in [1.82, 2.24) is 5.32 Å². The van der Waals surface area contributed by atoms with Crippen LogP contribution in [0.25, 0.3) is 0 Å². The fourth-order valence-corrected chi connectivity index (χ4v) is 5.12. The molecule has 8 nitrogen and oxygen atoms in total. The molecule has 0 saturated heterocycles. The molecular weight excluding hydrogens is 480 g/mol. The van der Waals surface area contributed by atoms with Gasteiger partial charge in [0.1, 0.15) is 23.8 Å². The summed E-state index contributed by atoms with van der Waals surface area (Å²) in [5.41, 5.74) is 1.99. The zero-order chi connectivity index (χ0) is 26.3. The Hall–Kier alpha value is -3.72. The van der Waals surface area contributed by atoms with E-state index >= 15 is 0 Å². The van der Waals surface area contributed by atoms with Crippen LogP contribution in [-0.2, 0) is 14.8 Å². The Morgan fingerprint density at radius 1 is 0.944 bits per heavy atom. The van der Waals surface area contributed by atoms with Crippen molar-refractivity contribution < 1.29 is 27.4 Å². The van der Waals surface area contributed by atoms with Gasteiger partial charge in [-0.25, -0.2) is 8.42 Å². The Kier molecular flexibility index (Phi) is 8.82. The lowest BCUT2D eigenvalue weighted by Crippen LogP contribution is -2.41. The molecule has 1 amide bonds. The topological polar surface area (TPSA) is 94.2 Å². The van der Waals surface area contributed by atoms with Gasteiger partial charge < -0.3 is 19.5 Å². The molecule has 0 unspecified atom stereocenters. The molecular formula is C27H32N2O6S. The number of nitrogens with one attached hydrogen (secondary N) is 1. The molecule has 0 spiro atoms. The minimum absolute atomic E-state index is 0.0947. The second-order valence-electron chi connectivity index (χ2n) is 8.15. The molecule has 0 radical (unpaired) electrons. The van der Waals surface area contributed by atoms with E-state index in [2.05, 4.69) is 5.32 Å². The van der Waals surface area contributed by atoms with Gasteiger partial charge in [-0.15, -0.1) is 0 Å². The number of aryl methyl sites for hydroxylation is 1. The molecule has 9 heteroatoms. The third-order valence-electron chi connectivity index (χ3n) is 5.61. The smallest absolute Gasteiger partial charge is 0.264 e. The lowest BCUT2D eigenvalue weighted by atomic mass is 10.1. The van der Waals surface area contributed by atoms with Gasteiger partial charge in [0, 0.05) is 5.56 Å². The SMILES string of the molecule is CCOc1ccc(N(CC(=O)N[C@H](C)c2cc(OC)ccc2OC)S(=O)(=O)c2ccc(C)cc2)cc1. The molecule has 0 fully saturated rings. The molecule has 192 valence electrons. The van der Waals surface area contributed by atoms with Crippen molar-refractivity contribution in [3.63, 3.8) is 0 Å². The van der Waals surface area contributed by atoms with Gasteiger partial charge in [0.2, 0.25) is 5.91 Å². The van der Waals surface area contributed by atoms with E-state index in [0.717, 1.165) is 9.87 Å². The molecule has 1 atom stereocenters.